The van der Waals surface area contributed by atoms with Crippen LogP contribution in [-0.4, -0.2) is 27.6 Å². The summed E-state index contributed by atoms with van der Waals surface area (Å²) < 4.78 is 1.98. The third-order valence-electron chi connectivity index (χ3n) is 2.94. The Bertz CT molecular complexity index is 342. The van der Waals surface area contributed by atoms with Crippen LogP contribution in [0.5, 0.6) is 0 Å². The van der Waals surface area contributed by atoms with E-state index in [0.29, 0.717) is 5.92 Å². The molecule has 1 aromatic heterocycles. The minimum absolute atomic E-state index is 0.536. The lowest BCUT2D eigenvalue weighted by Gasteiger charge is -2.22. The van der Waals surface area contributed by atoms with Gasteiger partial charge in [0.1, 0.15) is 0 Å². The van der Waals surface area contributed by atoms with Crippen molar-refractivity contribution in [3.8, 4) is 0 Å². The van der Waals surface area contributed by atoms with Crippen molar-refractivity contribution in [1.82, 2.24) is 9.78 Å². The van der Waals surface area contributed by atoms with E-state index < -0.39 is 0 Å². The Morgan fingerprint density at radius 2 is 2.33 bits per heavy atom. The number of aryl methyl sites for hydroxylation is 1. The largest absolute Gasteiger partial charge is 0.298 e. The van der Waals surface area contributed by atoms with Gasteiger partial charge in [0.15, 0.2) is 6.29 Å². The number of nitrogens with zero attached hydrogens (tertiary/aromatic N) is 2. The number of rotatable bonds is 3. The summed E-state index contributed by atoms with van der Waals surface area (Å²) >= 11 is 2.00. The van der Waals surface area contributed by atoms with Gasteiger partial charge in [-0.25, -0.2) is 0 Å². The van der Waals surface area contributed by atoms with Gasteiger partial charge in [-0.15, -0.1) is 0 Å². The summed E-state index contributed by atoms with van der Waals surface area (Å²) in [5, 5.41) is 4.26. The number of carbonyl (C=O) groups excluding carboxylic acids is 1. The lowest BCUT2D eigenvalue weighted by molar-refractivity contribution is 0.112. The topological polar surface area (TPSA) is 34.9 Å². The van der Waals surface area contributed by atoms with Crippen LogP contribution in [0.3, 0.4) is 0 Å². The van der Waals surface area contributed by atoms with Gasteiger partial charge in [-0.05, 0) is 31.3 Å². The molecule has 0 N–H and O–H groups in total. The van der Waals surface area contributed by atoms with Crippen molar-refractivity contribution in [2.75, 3.05) is 11.5 Å². The average molecular weight is 224 g/mol. The van der Waals surface area contributed by atoms with E-state index >= 15 is 0 Å². The number of thioether (sulfide) groups is 1. The highest BCUT2D eigenvalue weighted by Crippen LogP contribution is 2.32. The second-order valence-electron chi connectivity index (χ2n) is 3.81. The lowest BCUT2D eigenvalue weighted by Crippen LogP contribution is -2.14. The number of hydrogen-bond acceptors (Lipinski definition) is 3. The van der Waals surface area contributed by atoms with E-state index in [-0.39, 0.29) is 0 Å². The predicted octanol–water partition coefficient (Wildman–Crippen LogP) is 2.33. The maximum Gasteiger partial charge on any atom is 0.153 e. The van der Waals surface area contributed by atoms with Gasteiger partial charge < -0.3 is 0 Å². The average Bonchev–Trinajstić information content (AvgIpc) is 2.72. The van der Waals surface area contributed by atoms with Crippen LogP contribution >= 0.6 is 11.8 Å². The normalized spacial score (nSPS) is 17.9. The van der Waals surface area contributed by atoms with E-state index in [1.54, 1.807) is 6.20 Å². The molecule has 0 atom stereocenters. The van der Waals surface area contributed by atoms with Crippen LogP contribution in [0, 0.1) is 0 Å². The first-order chi connectivity index (χ1) is 7.36. The van der Waals surface area contributed by atoms with Gasteiger partial charge in [-0.1, -0.05) is 0 Å². The Labute approximate surface area is 94.2 Å². The SMILES string of the molecule is CCn1ncc(C=O)c1C1CCSCC1. The molecule has 2 heterocycles. The highest BCUT2D eigenvalue weighted by Gasteiger charge is 2.22. The van der Waals surface area contributed by atoms with E-state index in [4.69, 9.17) is 0 Å². The molecule has 0 radical (unpaired) electrons. The molecule has 0 unspecified atom stereocenters. The molecule has 1 aliphatic heterocycles. The number of carbonyl (C=O) groups is 1. The quantitative estimate of drug-likeness (QED) is 0.739. The monoisotopic (exact) mass is 224 g/mol. The molecule has 0 spiro atoms. The molecule has 82 valence electrons. The van der Waals surface area contributed by atoms with Crippen LogP contribution in [0.1, 0.15) is 41.7 Å². The van der Waals surface area contributed by atoms with Crippen LogP contribution in [0.4, 0.5) is 0 Å². The number of hydrogen-bond donors (Lipinski definition) is 0. The van der Waals surface area contributed by atoms with E-state index in [0.717, 1.165) is 24.1 Å². The van der Waals surface area contributed by atoms with Crippen molar-refractivity contribution in [3.63, 3.8) is 0 Å². The Kier molecular flexibility index (Phi) is 3.46. The van der Waals surface area contributed by atoms with Gasteiger partial charge in [-0.3, -0.25) is 9.48 Å². The fourth-order valence-corrected chi connectivity index (χ4v) is 3.28. The first-order valence-electron chi connectivity index (χ1n) is 5.45. The summed E-state index contributed by atoms with van der Waals surface area (Å²) in [4.78, 5) is 10.9. The molecular weight excluding hydrogens is 208 g/mol. The second kappa shape index (κ2) is 4.84. The van der Waals surface area contributed by atoms with Crippen LogP contribution in [-0.2, 0) is 6.54 Å². The molecule has 0 aromatic carbocycles. The molecule has 2 rings (SSSR count). The Hall–Kier alpha value is -0.770. The van der Waals surface area contributed by atoms with Gasteiger partial charge in [0, 0.05) is 12.5 Å². The molecule has 0 bridgehead atoms. The van der Waals surface area contributed by atoms with Gasteiger partial charge >= 0.3 is 0 Å². The van der Waals surface area contributed by atoms with Crippen LogP contribution in [0.15, 0.2) is 6.20 Å². The van der Waals surface area contributed by atoms with Crippen molar-refractivity contribution in [1.29, 1.82) is 0 Å². The maximum absolute atomic E-state index is 10.9. The molecule has 4 heteroatoms. The zero-order valence-corrected chi connectivity index (χ0v) is 9.80. The van der Waals surface area contributed by atoms with Crippen molar-refractivity contribution in [2.45, 2.75) is 32.2 Å². The standard InChI is InChI=1S/C11H16N2OS/c1-2-13-11(10(8-14)7-12-13)9-3-5-15-6-4-9/h7-9H,2-6H2,1H3. The Morgan fingerprint density at radius 1 is 1.60 bits per heavy atom. The number of aldehydes is 1. The molecule has 1 aliphatic rings. The molecule has 0 aliphatic carbocycles. The first-order valence-corrected chi connectivity index (χ1v) is 6.61. The molecule has 15 heavy (non-hydrogen) atoms. The van der Waals surface area contributed by atoms with Gasteiger partial charge in [0.05, 0.1) is 17.5 Å². The number of aromatic nitrogens is 2. The summed E-state index contributed by atoms with van der Waals surface area (Å²) in [6.07, 6.45) is 5.00. The zero-order chi connectivity index (χ0) is 10.7. The highest BCUT2D eigenvalue weighted by atomic mass is 32.2. The fourth-order valence-electron chi connectivity index (χ4n) is 2.17. The zero-order valence-electron chi connectivity index (χ0n) is 8.98. The molecule has 1 aromatic rings. The molecule has 1 fully saturated rings. The molecule has 1 saturated heterocycles. The summed E-state index contributed by atoms with van der Waals surface area (Å²) in [7, 11) is 0. The summed E-state index contributed by atoms with van der Waals surface area (Å²) in [6, 6.07) is 0. The van der Waals surface area contributed by atoms with Crippen LogP contribution in [0.25, 0.3) is 0 Å². The van der Waals surface area contributed by atoms with Gasteiger partial charge in [-0.2, -0.15) is 16.9 Å². The fraction of sp³-hybridized carbons (Fsp3) is 0.636. The molecular formula is C11H16N2OS. The van der Waals surface area contributed by atoms with Crippen molar-refractivity contribution in [3.05, 3.63) is 17.5 Å². The molecule has 3 nitrogen and oxygen atoms in total. The van der Waals surface area contributed by atoms with Crippen LogP contribution in [0.2, 0.25) is 0 Å². The second-order valence-corrected chi connectivity index (χ2v) is 5.03. The minimum Gasteiger partial charge on any atom is -0.298 e. The summed E-state index contributed by atoms with van der Waals surface area (Å²) in [6.45, 7) is 2.93. The summed E-state index contributed by atoms with van der Waals surface area (Å²) in [5.41, 5.74) is 1.95. The smallest absolute Gasteiger partial charge is 0.153 e. The van der Waals surface area contributed by atoms with Crippen LogP contribution < -0.4 is 0 Å². The van der Waals surface area contributed by atoms with E-state index in [1.807, 2.05) is 16.4 Å². The summed E-state index contributed by atoms with van der Waals surface area (Å²) in [5.74, 6) is 2.95. The Morgan fingerprint density at radius 3 is 2.93 bits per heavy atom. The third kappa shape index (κ3) is 2.09. The third-order valence-corrected chi connectivity index (χ3v) is 3.99. The van der Waals surface area contributed by atoms with E-state index in [9.17, 15) is 4.79 Å². The highest BCUT2D eigenvalue weighted by molar-refractivity contribution is 7.99. The van der Waals surface area contributed by atoms with Crippen molar-refractivity contribution in [2.24, 2.45) is 0 Å². The minimum atomic E-state index is 0.536. The van der Waals surface area contributed by atoms with E-state index in [2.05, 4.69) is 12.0 Å². The lowest BCUT2D eigenvalue weighted by atomic mass is 9.96. The predicted molar refractivity (Wildman–Crippen MR) is 62.6 cm³/mol. The van der Waals surface area contributed by atoms with Crippen molar-refractivity contribution < 1.29 is 4.79 Å². The van der Waals surface area contributed by atoms with Crippen molar-refractivity contribution >= 4 is 18.0 Å². The molecule has 0 amide bonds. The van der Waals surface area contributed by atoms with E-state index in [1.165, 1.54) is 24.3 Å². The first kappa shape index (κ1) is 10.7. The molecule has 0 saturated carbocycles. The van der Waals surface area contributed by atoms with Gasteiger partial charge in [0.25, 0.3) is 0 Å². The maximum atomic E-state index is 10.9. The van der Waals surface area contributed by atoms with Gasteiger partial charge in [0.2, 0.25) is 0 Å². The Balaban J connectivity index is 2.30.